The predicted octanol–water partition coefficient (Wildman–Crippen LogP) is 1.67. The van der Waals surface area contributed by atoms with Crippen molar-refractivity contribution in [3.05, 3.63) is 0 Å². The van der Waals surface area contributed by atoms with E-state index in [9.17, 15) is 0 Å². The summed E-state index contributed by atoms with van der Waals surface area (Å²) in [6.07, 6.45) is 2.41. The fraction of sp³-hybridized carbons (Fsp3) is 1.00. The summed E-state index contributed by atoms with van der Waals surface area (Å²) in [5.41, 5.74) is 0.309. The van der Waals surface area contributed by atoms with Crippen molar-refractivity contribution in [1.29, 1.82) is 0 Å². The number of alkyl halides is 1. The predicted molar refractivity (Wildman–Crippen MR) is 36.1 cm³/mol. The van der Waals surface area contributed by atoms with Gasteiger partial charge in [-0.25, -0.2) is 0 Å². The normalized spacial score (nSPS) is 24.8. The second-order valence-corrected chi connectivity index (χ2v) is 2.74. The second-order valence-electron chi connectivity index (χ2n) is 2.23. The van der Waals surface area contributed by atoms with Crippen molar-refractivity contribution in [1.82, 2.24) is 4.90 Å². The first-order chi connectivity index (χ1) is 3.84. The number of hydrogen-bond donors (Lipinski definition) is 0. The zero-order valence-corrected chi connectivity index (χ0v) is 5.99. The average molecular weight is 134 g/mol. The van der Waals surface area contributed by atoms with Crippen LogP contribution >= 0.6 is 11.6 Å². The van der Waals surface area contributed by atoms with Gasteiger partial charge in [0.1, 0.15) is 0 Å². The maximum absolute atomic E-state index is 5.89. The summed E-state index contributed by atoms with van der Waals surface area (Å²) in [6, 6.07) is 0. The Balaban J connectivity index is 2.13. The lowest BCUT2D eigenvalue weighted by Crippen LogP contribution is -2.41. The Morgan fingerprint density at radius 3 is 2.38 bits per heavy atom. The van der Waals surface area contributed by atoms with E-state index < -0.39 is 0 Å². The minimum absolute atomic E-state index is 0.309. The van der Waals surface area contributed by atoms with Crippen molar-refractivity contribution in [2.24, 2.45) is 0 Å². The number of hydrogen-bond acceptors (Lipinski definition) is 1. The van der Waals surface area contributed by atoms with Crippen LogP contribution in [0.1, 0.15) is 19.8 Å². The molecule has 1 heterocycles. The lowest BCUT2D eigenvalue weighted by atomic mass is 10.2. The van der Waals surface area contributed by atoms with E-state index in [1.54, 1.807) is 0 Å². The molecule has 0 N–H and O–H groups in total. The molecule has 1 saturated heterocycles. The number of halogens is 1. The maximum Gasteiger partial charge on any atom is 0.0847 e. The Hall–Kier alpha value is 0.250. The summed E-state index contributed by atoms with van der Waals surface area (Å²) in [6.45, 7) is 4.54. The van der Waals surface area contributed by atoms with Crippen molar-refractivity contribution < 1.29 is 0 Å². The molecule has 2 heteroatoms. The quantitative estimate of drug-likeness (QED) is 0.409. The molecule has 0 aromatic heterocycles. The van der Waals surface area contributed by atoms with Crippen molar-refractivity contribution in [3.8, 4) is 0 Å². The topological polar surface area (TPSA) is 3.24 Å². The number of likely N-dealkylation sites (tertiary alicyclic amines) is 1. The van der Waals surface area contributed by atoms with Gasteiger partial charge in [0.15, 0.2) is 0 Å². The second kappa shape index (κ2) is 2.70. The first-order valence-electron chi connectivity index (χ1n) is 3.22. The van der Waals surface area contributed by atoms with Gasteiger partial charge >= 0.3 is 0 Å². The summed E-state index contributed by atoms with van der Waals surface area (Å²) >= 11 is 5.89. The van der Waals surface area contributed by atoms with Crippen LogP contribution in [0.2, 0.25) is 0 Å². The Bertz CT molecular complexity index is 68.2. The van der Waals surface area contributed by atoms with Crippen LogP contribution in [0, 0.1) is 0 Å². The Kier molecular flexibility index (Phi) is 2.15. The van der Waals surface area contributed by atoms with Gasteiger partial charge in [0.05, 0.1) is 5.50 Å². The first kappa shape index (κ1) is 6.37. The van der Waals surface area contributed by atoms with Crippen LogP contribution in [0.25, 0.3) is 0 Å². The molecule has 0 amide bonds. The van der Waals surface area contributed by atoms with Gasteiger partial charge in [0, 0.05) is 13.1 Å². The van der Waals surface area contributed by atoms with E-state index in [0.717, 1.165) is 6.42 Å². The highest BCUT2D eigenvalue weighted by atomic mass is 35.5. The third-order valence-electron chi connectivity index (χ3n) is 1.62. The zero-order chi connectivity index (χ0) is 5.98. The van der Waals surface area contributed by atoms with Gasteiger partial charge in [-0.05, 0) is 12.8 Å². The summed E-state index contributed by atoms with van der Waals surface area (Å²) in [5.74, 6) is 0. The third-order valence-corrected chi connectivity index (χ3v) is 2.21. The fourth-order valence-corrected chi connectivity index (χ4v) is 1.07. The van der Waals surface area contributed by atoms with Crippen LogP contribution in [0.3, 0.4) is 0 Å². The van der Waals surface area contributed by atoms with Gasteiger partial charge in [-0.1, -0.05) is 6.92 Å². The van der Waals surface area contributed by atoms with Crippen LogP contribution in [0.4, 0.5) is 0 Å². The molecule has 0 aromatic carbocycles. The van der Waals surface area contributed by atoms with E-state index in [1.807, 2.05) is 0 Å². The highest BCUT2D eigenvalue weighted by Gasteiger charge is 2.19. The molecule has 1 rings (SSSR count). The fourth-order valence-electron chi connectivity index (χ4n) is 0.879. The molecule has 1 atom stereocenters. The van der Waals surface area contributed by atoms with E-state index in [2.05, 4.69) is 11.8 Å². The van der Waals surface area contributed by atoms with Gasteiger partial charge in [-0.15, -0.1) is 11.6 Å². The highest BCUT2D eigenvalue weighted by molar-refractivity contribution is 6.20. The molecule has 1 aliphatic heterocycles. The van der Waals surface area contributed by atoms with Crippen molar-refractivity contribution >= 4 is 11.6 Å². The molecule has 1 unspecified atom stereocenters. The Morgan fingerprint density at radius 2 is 2.25 bits per heavy atom. The summed E-state index contributed by atoms with van der Waals surface area (Å²) in [4.78, 5) is 2.29. The number of rotatable bonds is 2. The Morgan fingerprint density at radius 1 is 1.62 bits per heavy atom. The monoisotopic (exact) mass is 133 g/mol. The van der Waals surface area contributed by atoms with E-state index in [1.165, 1.54) is 19.5 Å². The largest absolute Gasteiger partial charge is 0.287 e. The van der Waals surface area contributed by atoms with E-state index in [4.69, 9.17) is 11.6 Å². The van der Waals surface area contributed by atoms with Gasteiger partial charge in [0.25, 0.3) is 0 Å². The molecule has 0 saturated carbocycles. The van der Waals surface area contributed by atoms with Crippen molar-refractivity contribution in [3.63, 3.8) is 0 Å². The van der Waals surface area contributed by atoms with Gasteiger partial charge in [-0.3, -0.25) is 4.90 Å². The average Bonchev–Trinajstić information content (AvgIpc) is 1.62. The smallest absolute Gasteiger partial charge is 0.0847 e. The van der Waals surface area contributed by atoms with E-state index in [-0.39, 0.29) is 0 Å². The van der Waals surface area contributed by atoms with Gasteiger partial charge in [0.2, 0.25) is 0 Å². The molecular weight excluding hydrogens is 122 g/mol. The minimum atomic E-state index is 0.309. The van der Waals surface area contributed by atoms with Crippen LogP contribution in [-0.2, 0) is 0 Å². The van der Waals surface area contributed by atoms with E-state index in [0.29, 0.717) is 5.50 Å². The Labute approximate surface area is 55.6 Å². The molecule has 48 valence electrons. The lowest BCUT2D eigenvalue weighted by molar-refractivity contribution is 0.159. The molecule has 0 spiro atoms. The van der Waals surface area contributed by atoms with Crippen LogP contribution in [0.5, 0.6) is 0 Å². The van der Waals surface area contributed by atoms with Gasteiger partial charge < -0.3 is 0 Å². The molecule has 0 radical (unpaired) electrons. The van der Waals surface area contributed by atoms with Crippen molar-refractivity contribution in [2.45, 2.75) is 25.3 Å². The lowest BCUT2D eigenvalue weighted by Gasteiger charge is -2.34. The van der Waals surface area contributed by atoms with Crippen LogP contribution in [0.15, 0.2) is 0 Å². The van der Waals surface area contributed by atoms with E-state index >= 15 is 0 Å². The summed E-state index contributed by atoms with van der Waals surface area (Å²) < 4.78 is 0. The molecule has 8 heavy (non-hydrogen) atoms. The van der Waals surface area contributed by atoms with Crippen molar-refractivity contribution in [2.75, 3.05) is 13.1 Å². The SMILES string of the molecule is CCC(Cl)N1CCC1. The highest BCUT2D eigenvalue weighted by Crippen LogP contribution is 2.15. The first-order valence-corrected chi connectivity index (χ1v) is 3.66. The maximum atomic E-state index is 5.89. The standard InChI is InChI=1S/C6H12ClN/c1-2-6(7)8-4-3-5-8/h6H,2-5H2,1H3. The molecule has 1 aliphatic rings. The molecule has 0 aromatic rings. The van der Waals surface area contributed by atoms with Gasteiger partial charge in [-0.2, -0.15) is 0 Å². The van der Waals surface area contributed by atoms with Crippen LogP contribution in [-0.4, -0.2) is 23.5 Å². The third kappa shape index (κ3) is 1.15. The number of nitrogens with zero attached hydrogens (tertiary/aromatic N) is 1. The molecule has 1 fully saturated rings. The zero-order valence-electron chi connectivity index (χ0n) is 5.23. The van der Waals surface area contributed by atoms with Crippen LogP contribution < -0.4 is 0 Å². The molecule has 0 aliphatic carbocycles. The minimum Gasteiger partial charge on any atom is -0.287 e. The summed E-state index contributed by atoms with van der Waals surface area (Å²) in [5, 5.41) is 0. The molecule has 1 nitrogen and oxygen atoms in total. The molecule has 0 bridgehead atoms. The summed E-state index contributed by atoms with van der Waals surface area (Å²) in [7, 11) is 0. The molecular formula is C6H12ClN.